The van der Waals surface area contributed by atoms with Crippen LogP contribution in [0.25, 0.3) is 10.9 Å². The van der Waals surface area contributed by atoms with Gasteiger partial charge in [0.05, 0.1) is 17.4 Å². The van der Waals surface area contributed by atoms with Gasteiger partial charge in [0.15, 0.2) is 0 Å². The van der Waals surface area contributed by atoms with Crippen molar-refractivity contribution in [2.75, 3.05) is 13.2 Å². The molecule has 4 rings (SSSR count). The molecule has 34 heavy (non-hydrogen) atoms. The highest BCUT2D eigenvalue weighted by molar-refractivity contribution is 6.31. The van der Waals surface area contributed by atoms with Crippen molar-refractivity contribution in [1.29, 1.82) is 0 Å². The molecule has 3 aromatic carbocycles. The zero-order chi connectivity index (χ0) is 23.9. The minimum absolute atomic E-state index is 0.0991. The van der Waals surface area contributed by atoms with Crippen LogP contribution < -0.4 is 5.56 Å². The van der Waals surface area contributed by atoms with Crippen LogP contribution in [0.1, 0.15) is 36.4 Å². The summed E-state index contributed by atoms with van der Waals surface area (Å²) in [5.74, 6) is 0.233. The van der Waals surface area contributed by atoms with Crippen LogP contribution in [0.2, 0.25) is 5.02 Å². The number of carbonyl (C=O) groups is 1. The molecule has 0 bridgehead atoms. The van der Waals surface area contributed by atoms with Crippen LogP contribution in [-0.2, 0) is 16.1 Å². The van der Waals surface area contributed by atoms with Gasteiger partial charge in [0.1, 0.15) is 18.5 Å². The molecule has 0 fully saturated rings. The molecule has 6 nitrogen and oxygen atoms in total. The fourth-order valence-corrected chi connectivity index (χ4v) is 4.03. The molecule has 1 aromatic heterocycles. The Hall–Kier alpha value is -3.48. The van der Waals surface area contributed by atoms with E-state index in [0.29, 0.717) is 28.3 Å². The summed E-state index contributed by atoms with van der Waals surface area (Å²) in [4.78, 5) is 34.6. The molecule has 0 aliphatic carbocycles. The number of ether oxygens (including phenoxy) is 1. The topological polar surface area (TPSA) is 75.3 Å². The first-order valence-corrected chi connectivity index (χ1v) is 11.6. The minimum atomic E-state index is -0.365. The Labute approximate surface area is 203 Å². The Morgan fingerprint density at radius 1 is 1.03 bits per heavy atom. The normalized spacial score (nSPS) is 11.1. The maximum absolute atomic E-state index is 13.2. The van der Waals surface area contributed by atoms with E-state index in [-0.39, 0.29) is 30.7 Å². The van der Waals surface area contributed by atoms with E-state index in [1.54, 1.807) is 23.1 Å². The van der Waals surface area contributed by atoms with Gasteiger partial charge in [0.25, 0.3) is 5.56 Å². The fourth-order valence-electron chi connectivity index (χ4n) is 3.87. The third-order valence-corrected chi connectivity index (χ3v) is 5.72. The molecule has 0 spiro atoms. The summed E-state index contributed by atoms with van der Waals surface area (Å²) < 4.78 is 6.15. The second-order valence-corrected chi connectivity index (χ2v) is 8.44. The molecule has 1 amide bonds. The second-order valence-electron chi connectivity index (χ2n) is 8.00. The molecule has 0 aliphatic heterocycles. The maximum atomic E-state index is 13.2. The number of rotatable bonds is 9. The Morgan fingerprint density at radius 3 is 2.29 bits per heavy atom. The van der Waals surface area contributed by atoms with Gasteiger partial charge in [-0.15, -0.1) is 0 Å². The van der Waals surface area contributed by atoms with Gasteiger partial charge in [-0.3, -0.25) is 9.59 Å². The number of halogens is 1. The summed E-state index contributed by atoms with van der Waals surface area (Å²) in [5, 5.41) is 0.956. The van der Waals surface area contributed by atoms with E-state index in [9.17, 15) is 9.59 Å². The molecular weight excluding hydrogens is 450 g/mol. The number of hydrogen-bond acceptors (Lipinski definition) is 4. The lowest BCUT2D eigenvalue weighted by molar-refractivity contribution is -0.138. The Bertz CT molecular complexity index is 1270. The van der Waals surface area contributed by atoms with Crippen LogP contribution in [0.3, 0.4) is 0 Å². The summed E-state index contributed by atoms with van der Waals surface area (Å²) in [6.45, 7) is 2.59. The van der Waals surface area contributed by atoms with Crippen LogP contribution in [0.15, 0.2) is 83.7 Å². The third kappa shape index (κ3) is 5.71. The number of amides is 1. The highest BCUT2D eigenvalue weighted by atomic mass is 35.5. The first-order valence-electron chi connectivity index (χ1n) is 11.2. The molecule has 0 atom stereocenters. The number of nitrogens with zero attached hydrogens (tertiary/aromatic N) is 2. The lowest BCUT2D eigenvalue weighted by atomic mass is 10.0. The number of hydrogen-bond donors (Lipinski definition) is 1. The van der Waals surface area contributed by atoms with Crippen molar-refractivity contribution in [1.82, 2.24) is 14.9 Å². The van der Waals surface area contributed by atoms with E-state index in [4.69, 9.17) is 16.3 Å². The predicted molar refractivity (Wildman–Crippen MR) is 134 cm³/mol. The van der Waals surface area contributed by atoms with E-state index < -0.39 is 0 Å². The molecule has 7 heteroatoms. The van der Waals surface area contributed by atoms with Crippen molar-refractivity contribution in [3.8, 4) is 0 Å². The molecule has 4 aromatic rings. The van der Waals surface area contributed by atoms with Crippen LogP contribution >= 0.6 is 11.6 Å². The summed E-state index contributed by atoms with van der Waals surface area (Å²) in [5.41, 5.74) is 2.19. The average molecular weight is 476 g/mol. The lowest BCUT2D eigenvalue weighted by Gasteiger charge is -2.24. The summed E-state index contributed by atoms with van der Waals surface area (Å²) in [6, 6.07) is 24.6. The summed E-state index contributed by atoms with van der Waals surface area (Å²) in [7, 11) is 0. The first-order chi connectivity index (χ1) is 16.5. The van der Waals surface area contributed by atoms with Gasteiger partial charge in [0.2, 0.25) is 5.91 Å². The van der Waals surface area contributed by atoms with Gasteiger partial charge in [-0.1, -0.05) is 79.2 Å². The molecular formula is C27H26ClN3O3. The third-order valence-electron chi connectivity index (χ3n) is 5.48. The molecule has 1 N–H and O–H groups in total. The molecule has 0 saturated carbocycles. The lowest BCUT2D eigenvalue weighted by Crippen LogP contribution is -2.35. The van der Waals surface area contributed by atoms with Crippen molar-refractivity contribution in [3.63, 3.8) is 0 Å². The van der Waals surface area contributed by atoms with Crippen molar-refractivity contribution < 1.29 is 9.53 Å². The first kappa shape index (κ1) is 23.7. The number of aromatic nitrogens is 2. The molecule has 0 unspecified atom stereocenters. The van der Waals surface area contributed by atoms with E-state index in [1.165, 1.54) is 0 Å². The number of nitrogens with one attached hydrogen (secondary N) is 1. The second kappa shape index (κ2) is 11.1. The van der Waals surface area contributed by atoms with Gasteiger partial charge < -0.3 is 14.6 Å². The van der Waals surface area contributed by atoms with Gasteiger partial charge in [0, 0.05) is 11.6 Å². The van der Waals surface area contributed by atoms with E-state index in [0.717, 1.165) is 17.5 Å². The Balaban J connectivity index is 1.52. The van der Waals surface area contributed by atoms with Crippen LogP contribution in [0, 0.1) is 0 Å². The van der Waals surface area contributed by atoms with E-state index >= 15 is 0 Å². The van der Waals surface area contributed by atoms with Crippen LogP contribution in [0.5, 0.6) is 0 Å². The number of carbonyl (C=O) groups excluding carboxylic acids is 1. The standard InChI is InChI=1S/C27H26ClN3O3/c1-2-15-31(17-24-29-23-16-21(28)13-14-22(23)27(33)30-24)25(32)18-34-26(19-9-5-3-6-10-19)20-11-7-4-8-12-20/h3-14,16,26H,2,15,17-18H2,1H3,(H,29,30,33). The molecule has 0 aliphatic rings. The van der Waals surface area contributed by atoms with Gasteiger partial charge in [-0.05, 0) is 35.7 Å². The quantitative estimate of drug-likeness (QED) is 0.364. The Kier molecular flexibility index (Phi) is 7.72. The predicted octanol–water partition coefficient (Wildman–Crippen LogP) is 5.12. The average Bonchev–Trinajstić information content (AvgIpc) is 2.85. The van der Waals surface area contributed by atoms with Crippen molar-refractivity contribution >= 4 is 28.4 Å². The molecule has 0 radical (unpaired) electrons. The zero-order valence-corrected chi connectivity index (χ0v) is 19.7. The number of aromatic amines is 1. The Morgan fingerprint density at radius 2 is 1.68 bits per heavy atom. The number of H-pyrrole nitrogens is 1. The van der Waals surface area contributed by atoms with Crippen LogP contribution in [0.4, 0.5) is 0 Å². The fraction of sp³-hybridized carbons (Fsp3) is 0.222. The van der Waals surface area contributed by atoms with Crippen molar-refractivity contribution in [2.45, 2.75) is 26.0 Å². The number of fused-ring (bicyclic) bond motifs is 1. The van der Waals surface area contributed by atoms with E-state index in [1.807, 2.05) is 67.6 Å². The van der Waals surface area contributed by atoms with Gasteiger partial charge >= 0.3 is 0 Å². The zero-order valence-electron chi connectivity index (χ0n) is 18.9. The smallest absolute Gasteiger partial charge is 0.258 e. The van der Waals surface area contributed by atoms with Crippen molar-refractivity contribution in [2.24, 2.45) is 0 Å². The maximum Gasteiger partial charge on any atom is 0.258 e. The van der Waals surface area contributed by atoms with Gasteiger partial charge in [-0.25, -0.2) is 4.98 Å². The van der Waals surface area contributed by atoms with Gasteiger partial charge in [-0.2, -0.15) is 0 Å². The van der Waals surface area contributed by atoms with Crippen molar-refractivity contribution in [3.05, 3.63) is 111 Å². The number of benzene rings is 3. The highest BCUT2D eigenvalue weighted by Crippen LogP contribution is 2.26. The largest absolute Gasteiger partial charge is 0.359 e. The minimum Gasteiger partial charge on any atom is -0.359 e. The summed E-state index contributed by atoms with van der Waals surface area (Å²) in [6.07, 6.45) is 0.395. The van der Waals surface area contributed by atoms with Crippen LogP contribution in [-0.4, -0.2) is 33.9 Å². The summed E-state index contributed by atoms with van der Waals surface area (Å²) >= 11 is 6.07. The molecule has 1 heterocycles. The highest BCUT2D eigenvalue weighted by Gasteiger charge is 2.20. The molecule has 0 saturated heterocycles. The SMILES string of the molecule is CCCN(Cc1nc2cc(Cl)ccc2c(=O)[nH]1)C(=O)COC(c1ccccc1)c1ccccc1. The van der Waals surface area contributed by atoms with E-state index in [2.05, 4.69) is 9.97 Å². The molecule has 174 valence electrons. The monoisotopic (exact) mass is 475 g/mol.